The van der Waals surface area contributed by atoms with Gasteiger partial charge in [0.2, 0.25) is 0 Å². The molecule has 0 fully saturated rings. The van der Waals surface area contributed by atoms with Gasteiger partial charge in [-0.1, -0.05) is 0 Å². The normalized spacial score (nSPS) is 10.5. The van der Waals surface area contributed by atoms with Gasteiger partial charge in [0.05, 0.1) is 19.9 Å². The van der Waals surface area contributed by atoms with E-state index >= 15 is 0 Å². The molecule has 2 N–H and O–H groups in total. The minimum atomic E-state index is -0.439. The van der Waals surface area contributed by atoms with Crippen molar-refractivity contribution in [2.45, 2.75) is 6.42 Å². The fourth-order valence-corrected chi connectivity index (χ4v) is 2.48. The molecule has 0 saturated heterocycles. The van der Waals surface area contributed by atoms with E-state index in [4.69, 9.17) is 9.47 Å². The molecule has 8 nitrogen and oxygen atoms in total. The van der Waals surface area contributed by atoms with Crippen LogP contribution in [-0.4, -0.2) is 63.1 Å². The molecule has 2 amide bonds. The Morgan fingerprint density at radius 2 is 1.86 bits per heavy atom. The lowest BCUT2D eigenvalue weighted by Crippen LogP contribution is -2.27. The van der Waals surface area contributed by atoms with E-state index in [2.05, 4.69) is 20.5 Å². The molecule has 0 saturated carbocycles. The van der Waals surface area contributed by atoms with Gasteiger partial charge in [0.15, 0.2) is 0 Å². The topological polar surface area (TPSA) is 92.8 Å². The number of pyridine rings is 1. The fourth-order valence-electron chi connectivity index (χ4n) is 2.48. The molecule has 0 atom stereocenters. The average Bonchev–Trinajstić information content (AvgIpc) is 2.71. The zero-order valence-corrected chi connectivity index (χ0v) is 16.6. The van der Waals surface area contributed by atoms with Gasteiger partial charge < -0.3 is 25.0 Å². The van der Waals surface area contributed by atoms with E-state index in [0.717, 1.165) is 13.0 Å². The van der Waals surface area contributed by atoms with Crippen molar-refractivity contribution in [2.75, 3.05) is 46.7 Å². The van der Waals surface area contributed by atoms with Crippen molar-refractivity contribution in [1.82, 2.24) is 15.2 Å². The lowest BCUT2D eigenvalue weighted by Gasteiger charge is -2.12. The molecule has 0 aliphatic rings. The molecule has 0 spiro atoms. The molecule has 28 heavy (non-hydrogen) atoms. The van der Waals surface area contributed by atoms with Gasteiger partial charge in [-0.3, -0.25) is 14.6 Å². The van der Waals surface area contributed by atoms with Crippen LogP contribution >= 0.6 is 0 Å². The molecule has 2 aromatic rings. The molecular formula is C20H26N4O4. The van der Waals surface area contributed by atoms with Gasteiger partial charge in [0.25, 0.3) is 11.8 Å². The number of anilines is 1. The molecule has 1 aromatic heterocycles. The van der Waals surface area contributed by atoms with Gasteiger partial charge in [0.1, 0.15) is 17.2 Å². The molecule has 0 aliphatic heterocycles. The maximum absolute atomic E-state index is 12.5. The van der Waals surface area contributed by atoms with Crippen LogP contribution in [0.3, 0.4) is 0 Å². The van der Waals surface area contributed by atoms with Crippen LogP contribution in [-0.2, 0) is 0 Å². The van der Waals surface area contributed by atoms with Crippen molar-refractivity contribution in [3.63, 3.8) is 0 Å². The first kappa shape index (κ1) is 21.2. The van der Waals surface area contributed by atoms with Crippen LogP contribution in [0.4, 0.5) is 5.69 Å². The summed E-state index contributed by atoms with van der Waals surface area (Å²) in [5.41, 5.74) is 0.999. The number of hydrogen-bond acceptors (Lipinski definition) is 6. The standard InChI is InChI=1S/C20H26N4O4/c1-24(2)11-5-9-22-19(25)14-8-10-21-17(12-14)20(26)23-16-7-6-15(27-3)13-18(16)28-4/h6-8,10,12-13H,5,9,11H2,1-4H3,(H,22,25)(H,23,26). The van der Waals surface area contributed by atoms with Crippen molar-refractivity contribution < 1.29 is 19.1 Å². The lowest BCUT2D eigenvalue weighted by atomic mass is 10.2. The predicted molar refractivity (Wildman–Crippen MR) is 107 cm³/mol. The van der Waals surface area contributed by atoms with Gasteiger partial charge in [-0.25, -0.2) is 0 Å². The van der Waals surface area contributed by atoms with Crippen LogP contribution in [0.5, 0.6) is 11.5 Å². The predicted octanol–water partition coefficient (Wildman–Crippen LogP) is 2.03. The highest BCUT2D eigenvalue weighted by molar-refractivity contribution is 6.05. The Balaban J connectivity index is 2.05. The summed E-state index contributed by atoms with van der Waals surface area (Å²) in [6.45, 7) is 1.44. The van der Waals surface area contributed by atoms with E-state index in [9.17, 15) is 9.59 Å². The molecule has 0 unspecified atom stereocenters. The summed E-state index contributed by atoms with van der Waals surface area (Å²) in [5.74, 6) is 0.395. The van der Waals surface area contributed by atoms with Gasteiger partial charge in [-0.2, -0.15) is 0 Å². The van der Waals surface area contributed by atoms with Crippen molar-refractivity contribution in [3.8, 4) is 11.5 Å². The Bertz CT molecular complexity index is 824. The molecule has 0 radical (unpaired) electrons. The first-order valence-corrected chi connectivity index (χ1v) is 8.87. The molecule has 0 aliphatic carbocycles. The summed E-state index contributed by atoms with van der Waals surface area (Å²) >= 11 is 0. The second-order valence-corrected chi connectivity index (χ2v) is 6.36. The highest BCUT2D eigenvalue weighted by Crippen LogP contribution is 2.29. The molecule has 1 heterocycles. The summed E-state index contributed by atoms with van der Waals surface area (Å²) in [4.78, 5) is 30.9. The molecule has 8 heteroatoms. The number of carbonyl (C=O) groups is 2. The second-order valence-electron chi connectivity index (χ2n) is 6.36. The number of methoxy groups -OCH3 is 2. The quantitative estimate of drug-likeness (QED) is 0.641. The highest BCUT2D eigenvalue weighted by Gasteiger charge is 2.14. The van der Waals surface area contributed by atoms with E-state index in [-0.39, 0.29) is 11.6 Å². The summed E-state index contributed by atoms with van der Waals surface area (Å²) in [7, 11) is 7.01. The number of aromatic nitrogens is 1. The third-order valence-electron chi connectivity index (χ3n) is 3.98. The van der Waals surface area contributed by atoms with E-state index in [0.29, 0.717) is 29.3 Å². The van der Waals surface area contributed by atoms with Crippen molar-refractivity contribution in [3.05, 3.63) is 47.8 Å². The number of amides is 2. The largest absolute Gasteiger partial charge is 0.497 e. The maximum atomic E-state index is 12.5. The van der Waals surface area contributed by atoms with Crippen molar-refractivity contribution in [2.24, 2.45) is 0 Å². The molecule has 2 rings (SSSR count). The van der Waals surface area contributed by atoms with Crippen LogP contribution in [0.25, 0.3) is 0 Å². The zero-order chi connectivity index (χ0) is 20.5. The van der Waals surface area contributed by atoms with Crippen LogP contribution in [0.15, 0.2) is 36.5 Å². The van der Waals surface area contributed by atoms with Gasteiger partial charge in [-0.05, 0) is 51.3 Å². The Hall–Kier alpha value is -3.13. The smallest absolute Gasteiger partial charge is 0.274 e. The molecule has 0 bridgehead atoms. The maximum Gasteiger partial charge on any atom is 0.274 e. The Morgan fingerprint density at radius 1 is 1.07 bits per heavy atom. The van der Waals surface area contributed by atoms with Crippen LogP contribution in [0.2, 0.25) is 0 Å². The first-order chi connectivity index (χ1) is 13.4. The first-order valence-electron chi connectivity index (χ1n) is 8.87. The number of carbonyl (C=O) groups excluding carboxylic acids is 2. The number of benzene rings is 1. The summed E-state index contributed by atoms with van der Waals surface area (Å²) in [5, 5.41) is 5.58. The Kier molecular flexibility index (Phi) is 7.76. The van der Waals surface area contributed by atoms with Crippen molar-refractivity contribution >= 4 is 17.5 Å². The van der Waals surface area contributed by atoms with E-state index in [1.54, 1.807) is 31.4 Å². The number of nitrogens with zero attached hydrogens (tertiary/aromatic N) is 2. The van der Waals surface area contributed by atoms with Gasteiger partial charge >= 0.3 is 0 Å². The number of rotatable bonds is 9. The summed E-state index contributed by atoms with van der Waals surface area (Å²) in [6, 6.07) is 8.10. The van der Waals surface area contributed by atoms with Crippen LogP contribution < -0.4 is 20.1 Å². The zero-order valence-electron chi connectivity index (χ0n) is 16.6. The third kappa shape index (κ3) is 5.95. The van der Waals surface area contributed by atoms with Gasteiger partial charge in [0, 0.05) is 24.4 Å². The molecule has 150 valence electrons. The monoisotopic (exact) mass is 386 g/mol. The van der Waals surface area contributed by atoms with Crippen LogP contribution in [0.1, 0.15) is 27.3 Å². The van der Waals surface area contributed by atoms with Crippen molar-refractivity contribution in [1.29, 1.82) is 0 Å². The Labute approximate surface area is 164 Å². The average molecular weight is 386 g/mol. The van der Waals surface area contributed by atoms with E-state index in [1.165, 1.54) is 19.4 Å². The van der Waals surface area contributed by atoms with Crippen LogP contribution in [0, 0.1) is 0 Å². The van der Waals surface area contributed by atoms with E-state index in [1.807, 2.05) is 14.1 Å². The minimum Gasteiger partial charge on any atom is -0.497 e. The summed E-state index contributed by atoms with van der Waals surface area (Å²) < 4.78 is 10.4. The highest BCUT2D eigenvalue weighted by atomic mass is 16.5. The SMILES string of the molecule is COc1ccc(NC(=O)c2cc(C(=O)NCCCN(C)C)ccn2)c(OC)c1. The Morgan fingerprint density at radius 3 is 2.54 bits per heavy atom. The second kappa shape index (κ2) is 10.3. The number of ether oxygens (including phenoxy) is 2. The summed E-state index contributed by atoms with van der Waals surface area (Å²) in [6.07, 6.45) is 2.28. The fraction of sp³-hybridized carbons (Fsp3) is 0.350. The third-order valence-corrected chi connectivity index (χ3v) is 3.98. The number of nitrogens with one attached hydrogen (secondary N) is 2. The molecule has 1 aromatic carbocycles. The number of hydrogen-bond donors (Lipinski definition) is 2. The van der Waals surface area contributed by atoms with Gasteiger partial charge in [-0.15, -0.1) is 0 Å². The lowest BCUT2D eigenvalue weighted by molar-refractivity contribution is 0.0952. The molecular weight excluding hydrogens is 360 g/mol. The van der Waals surface area contributed by atoms with E-state index < -0.39 is 5.91 Å². The minimum absolute atomic E-state index is 0.138.